The van der Waals surface area contributed by atoms with Crippen LogP contribution in [0.25, 0.3) is 5.82 Å². The van der Waals surface area contributed by atoms with E-state index in [1.807, 2.05) is 82.8 Å². The van der Waals surface area contributed by atoms with Gasteiger partial charge in [0.05, 0.1) is 5.56 Å². The molecule has 30 heavy (non-hydrogen) atoms. The van der Waals surface area contributed by atoms with Gasteiger partial charge in [-0.15, -0.1) is 0 Å². The maximum absolute atomic E-state index is 13.3. The molecule has 1 saturated heterocycles. The van der Waals surface area contributed by atoms with Gasteiger partial charge in [-0.2, -0.15) is 0 Å². The Kier molecular flexibility index (Phi) is 5.65. The molecular formula is C24H26N4O2. The number of benzene rings is 1. The van der Waals surface area contributed by atoms with Crippen molar-refractivity contribution in [3.63, 3.8) is 0 Å². The van der Waals surface area contributed by atoms with Crippen molar-refractivity contribution in [3.8, 4) is 5.82 Å². The Morgan fingerprint density at radius 2 is 1.50 bits per heavy atom. The first-order valence-corrected chi connectivity index (χ1v) is 10.3. The second-order valence-electron chi connectivity index (χ2n) is 7.61. The molecule has 154 valence electrons. The third kappa shape index (κ3) is 3.85. The Morgan fingerprint density at radius 1 is 0.833 bits per heavy atom. The monoisotopic (exact) mass is 402 g/mol. The van der Waals surface area contributed by atoms with Crippen molar-refractivity contribution in [3.05, 3.63) is 83.3 Å². The van der Waals surface area contributed by atoms with Gasteiger partial charge >= 0.3 is 0 Å². The van der Waals surface area contributed by atoms with Crippen molar-refractivity contribution in [2.75, 3.05) is 26.2 Å². The lowest BCUT2D eigenvalue weighted by molar-refractivity contribution is 0.0718. The van der Waals surface area contributed by atoms with Gasteiger partial charge in [0.25, 0.3) is 11.8 Å². The molecule has 4 rings (SSSR count). The standard InChI is InChI=1S/C24H26N4O2/c1-18-17-21(19(2)28(18)22-11-6-7-12-25-22)24(30)27-14-8-13-26(15-16-27)23(29)20-9-4-3-5-10-20/h3-7,9-12,17H,8,13-16H2,1-2H3. The van der Waals surface area contributed by atoms with E-state index in [1.54, 1.807) is 6.20 Å². The van der Waals surface area contributed by atoms with Gasteiger partial charge < -0.3 is 14.4 Å². The van der Waals surface area contributed by atoms with E-state index in [1.165, 1.54) is 0 Å². The fraction of sp³-hybridized carbons (Fsp3) is 0.292. The van der Waals surface area contributed by atoms with E-state index in [0.29, 0.717) is 37.3 Å². The number of aryl methyl sites for hydroxylation is 1. The van der Waals surface area contributed by atoms with Crippen LogP contribution in [0.1, 0.15) is 38.5 Å². The molecule has 1 aromatic carbocycles. The average molecular weight is 402 g/mol. The van der Waals surface area contributed by atoms with Crippen LogP contribution in [0, 0.1) is 13.8 Å². The summed E-state index contributed by atoms with van der Waals surface area (Å²) in [7, 11) is 0. The Balaban J connectivity index is 1.50. The zero-order valence-electron chi connectivity index (χ0n) is 17.4. The van der Waals surface area contributed by atoms with E-state index in [-0.39, 0.29) is 11.8 Å². The number of hydrogen-bond donors (Lipinski definition) is 0. The van der Waals surface area contributed by atoms with Crippen molar-refractivity contribution in [2.45, 2.75) is 20.3 Å². The summed E-state index contributed by atoms with van der Waals surface area (Å²) in [5, 5.41) is 0. The summed E-state index contributed by atoms with van der Waals surface area (Å²) < 4.78 is 2.01. The number of rotatable bonds is 3. The fourth-order valence-electron chi connectivity index (χ4n) is 4.08. The van der Waals surface area contributed by atoms with Gasteiger partial charge in [0, 0.05) is 49.3 Å². The molecule has 2 aromatic heterocycles. The van der Waals surface area contributed by atoms with Gasteiger partial charge in [-0.05, 0) is 50.6 Å². The normalized spacial score (nSPS) is 14.5. The summed E-state index contributed by atoms with van der Waals surface area (Å²) in [6.45, 7) is 6.32. The molecule has 0 spiro atoms. The molecule has 3 heterocycles. The first kappa shape index (κ1) is 19.9. The second kappa shape index (κ2) is 8.53. The lowest BCUT2D eigenvalue weighted by Crippen LogP contribution is -2.37. The third-order valence-electron chi connectivity index (χ3n) is 5.63. The fourth-order valence-corrected chi connectivity index (χ4v) is 4.08. The number of nitrogens with zero attached hydrogens (tertiary/aromatic N) is 4. The van der Waals surface area contributed by atoms with Crippen molar-refractivity contribution in [2.24, 2.45) is 0 Å². The van der Waals surface area contributed by atoms with Gasteiger partial charge in [-0.1, -0.05) is 24.3 Å². The molecule has 0 radical (unpaired) electrons. The molecule has 2 amide bonds. The smallest absolute Gasteiger partial charge is 0.255 e. The number of pyridine rings is 1. The number of hydrogen-bond acceptors (Lipinski definition) is 3. The Hall–Kier alpha value is -3.41. The summed E-state index contributed by atoms with van der Waals surface area (Å²) >= 11 is 0. The molecule has 3 aromatic rings. The summed E-state index contributed by atoms with van der Waals surface area (Å²) in [6, 6.07) is 17.0. The highest BCUT2D eigenvalue weighted by Crippen LogP contribution is 2.21. The number of aromatic nitrogens is 2. The van der Waals surface area contributed by atoms with Crippen molar-refractivity contribution in [1.29, 1.82) is 0 Å². The predicted molar refractivity (Wildman–Crippen MR) is 116 cm³/mol. The van der Waals surface area contributed by atoms with Gasteiger partial charge in [0.2, 0.25) is 0 Å². The molecule has 0 aliphatic carbocycles. The molecule has 0 unspecified atom stereocenters. The Labute approximate surface area is 176 Å². The molecule has 6 nitrogen and oxygen atoms in total. The molecule has 0 N–H and O–H groups in total. The third-order valence-corrected chi connectivity index (χ3v) is 5.63. The van der Waals surface area contributed by atoms with Crippen LogP contribution >= 0.6 is 0 Å². The van der Waals surface area contributed by atoms with Crippen LogP contribution in [0.2, 0.25) is 0 Å². The van der Waals surface area contributed by atoms with E-state index in [0.717, 1.165) is 23.6 Å². The average Bonchev–Trinajstić information content (AvgIpc) is 2.94. The molecule has 0 saturated carbocycles. The van der Waals surface area contributed by atoms with Crippen LogP contribution < -0.4 is 0 Å². The minimum Gasteiger partial charge on any atom is -0.337 e. The minimum absolute atomic E-state index is 0.0132. The van der Waals surface area contributed by atoms with Gasteiger partial charge in [0.15, 0.2) is 0 Å². The summed E-state index contributed by atoms with van der Waals surface area (Å²) in [5.74, 6) is 0.847. The maximum Gasteiger partial charge on any atom is 0.255 e. The SMILES string of the molecule is Cc1cc(C(=O)N2CCCN(C(=O)c3ccccc3)CC2)c(C)n1-c1ccccn1. The lowest BCUT2D eigenvalue weighted by atomic mass is 10.2. The summed E-state index contributed by atoms with van der Waals surface area (Å²) in [6.07, 6.45) is 2.52. The molecule has 0 atom stereocenters. The summed E-state index contributed by atoms with van der Waals surface area (Å²) in [4.78, 5) is 34.2. The van der Waals surface area contributed by atoms with Gasteiger partial charge in [-0.3, -0.25) is 9.59 Å². The first-order chi connectivity index (χ1) is 14.6. The highest BCUT2D eigenvalue weighted by molar-refractivity contribution is 5.96. The number of carbonyl (C=O) groups excluding carboxylic acids is 2. The summed E-state index contributed by atoms with van der Waals surface area (Å²) in [5.41, 5.74) is 3.25. The van der Waals surface area contributed by atoms with Gasteiger partial charge in [0.1, 0.15) is 5.82 Å². The highest BCUT2D eigenvalue weighted by atomic mass is 16.2. The molecule has 1 aliphatic rings. The second-order valence-corrected chi connectivity index (χ2v) is 7.61. The van der Waals surface area contributed by atoms with E-state index >= 15 is 0 Å². The zero-order chi connectivity index (χ0) is 21.1. The van der Waals surface area contributed by atoms with Crippen LogP contribution in [-0.4, -0.2) is 57.3 Å². The molecule has 0 bridgehead atoms. The van der Waals surface area contributed by atoms with Gasteiger partial charge in [-0.25, -0.2) is 4.98 Å². The molecule has 1 aliphatic heterocycles. The van der Waals surface area contributed by atoms with Crippen LogP contribution in [0.15, 0.2) is 60.8 Å². The number of amides is 2. The van der Waals surface area contributed by atoms with Crippen LogP contribution in [0.4, 0.5) is 0 Å². The lowest BCUT2D eigenvalue weighted by Gasteiger charge is -2.22. The Bertz CT molecular complexity index is 1040. The first-order valence-electron chi connectivity index (χ1n) is 10.3. The molecule has 6 heteroatoms. The van der Waals surface area contributed by atoms with Crippen LogP contribution in [0.5, 0.6) is 0 Å². The largest absolute Gasteiger partial charge is 0.337 e. The zero-order valence-corrected chi connectivity index (χ0v) is 17.4. The Morgan fingerprint density at radius 3 is 2.17 bits per heavy atom. The van der Waals surface area contributed by atoms with Crippen LogP contribution in [-0.2, 0) is 0 Å². The molecule has 1 fully saturated rings. The van der Waals surface area contributed by atoms with Crippen molar-refractivity contribution in [1.82, 2.24) is 19.4 Å². The topological polar surface area (TPSA) is 58.4 Å². The van der Waals surface area contributed by atoms with Crippen LogP contribution in [0.3, 0.4) is 0 Å². The number of carbonyl (C=O) groups is 2. The van der Waals surface area contributed by atoms with E-state index in [4.69, 9.17) is 0 Å². The molecular weight excluding hydrogens is 376 g/mol. The maximum atomic E-state index is 13.3. The predicted octanol–water partition coefficient (Wildman–Crippen LogP) is 3.48. The van der Waals surface area contributed by atoms with E-state index in [9.17, 15) is 9.59 Å². The minimum atomic E-state index is 0.0132. The van der Waals surface area contributed by atoms with E-state index in [2.05, 4.69) is 4.98 Å². The van der Waals surface area contributed by atoms with Crippen molar-refractivity contribution < 1.29 is 9.59 Å². The quantitative estimate of drug-likeness (QED) is 0.674. The highest BCUT2D eigenvalue weighted by Gasteiger charge is 2.26. The van der Waals surface area contributed by atoms with Crippen molar-refractivity contribution >= 4 is 11.8 Å². The van der Waals surface area contributed by atoms with E-state index < -0.39 is 0 Å².